The zero-order valence-corrected chi connectivity index (χ0v) is 12.7. The topological polar surface area (TPSA) is 0 Å². The Morgan fingerprint density at radius 2 is 1.56 bits per heavy atom. The zero-order chi connectivity index (χ0) is 13.2. The van der Waals surface area contributed by atoms with Gasteiger partial charge in [0.1, 0.15) is 0 Å². The first-order chi connectivity index (χ1) is 8.55. The van der Waals surface area contributed by atoms with Gasteiger partial charge in [-0.3, -0.25) is 0 Å². The van der Waals surface area contributed by atoms with E-state index in [-0.39, 0.29) is 0 Å². The quantitative estimate of drug-likeness (QED) is 0.514. The van der Waals surface area contributed by atoms with Gasteiger partial charge in [-0.05, 0) is 30.0 Å². The molecule has 0 amide bonds. The van der Waals surface area contributed by atoms with Crippen LogP contribution >= 0.6 is 46.6 Å². The van der Waals surface area contributed by atoms with Crippen molar-refractivity contribution < 1.29 is 0 Å². The molecule has 0 bridgehead atoms. The van der Waals surface area contributed by atoms with Gasteiger partial charge in [0, 0.05) is 15.5 Å². The van der Waals surface area contributed by atoms with Gasteiger partial charge in [0.15, 0.2) is 4.33 Å². The Kier molecular flexibility index (Phi) is 4.50. The molecule has 0 N–H and O–H groups in total. The summed E-state index contributed by atoms with van der Waals surface area (Å²) < 4.78 is -1.13. The molecule has 4 heteroatoms. The molecule has 18 heavy (non-hydrogen) atoms. The van der Waals surface area contributed by atoms with Crippen LogP contribution in [0.3, 0.4) is 0 Å². The monoisotopic (exact) mass is 316 g/mol. The van der Waals surface area contributed by atoms with Crippen molar-refractivity contribution in [1.29, 1.82) is 0 Å². The number of hydrogen-bond acceptors (Lipinski definition) is 1. The molecule has 0 heterocycles. The van der Waals surface area contributed by atoms with Crippen LogP contribution in [0.1, 0.15) is 11.1 Å². The van der Waals surface area contributed by atoms with Crippen molar-refractivity contribution in [1.82, 2.24) is 0 Å². The van der Waals surface area contributed by atoms with E-state index in [4.69, 9.17) is 34.8 Å². The molecular weight excluding hydrogens is 307 g/mol. The second-order valence-electron chi connectivity index (χ2n) is 3.78. The number of halogens is 3. The molecule has 0 spiro atoms. The summed E-state index contributed by atoms with van der Waals surface area (Å²) in [5, 5.41) is 0.566. The lowest BCUT2D eigenvalue weighted by atomic mass is 10.0. The van der Waals surface area contributed by atoms with Crippen molar-refractivity contribution in [2.75, 3.05) is 6.26 Å². The SMILES string of the molecule is CSc1ccc(C(Cl)(Cl)c2ccccc2Cl)cc1. The third-order valence-electron chi connectivity index (χ3n) is 2.66. The molecule has 2 aromatic carbocycles. The summed E-state index contributed by atoms with van der Waals surface area (Å²) in [7, 11) is 0. The fourth-order valence-electron chi connectivity index (χ4n) is 1.67. The van der Waals surface area contributed by atoms with E-state index < -0.39 is 4.33 Å². The molecule has 94 valence electrons. The average Bonchev–Trinajstić information content (AvgIpc) is 2.39. The molecule has 2 rings (SSSR count). The van der Waals surface area contributed by atoms with Crippen LogP contribution in [-0.2, 0) is 4.33 Å². The van der Waals surface area contributed by atoms with E-state index in [1.807, 2.05) is 48.7 Å². The van der Waals surface area contributed by atoms with E-state index in [9.17, 15) is 0 Å². The predicted molar refractivity (Wildman–Crippen MR) is 82.2 cm³/mol. The Balaban J connectivity index is 2.44. The Morgan fingerprint density at radius 1 is 0.944 bits per heavy atom. The van der Waals surface area contributed by atoms with Gasteiger partial charge < -0.3 is 0 Å². The van der Waals surface area contributed by atoms with Gasteiger partial charge >= 0.3 is 0 Å². The van der Waals surface area contributed by atoms with Crippen molar-refractivity contribution in [2.45, 2.75) is 9.23 Å². The summed E-state index contributed by atoms with van der Waals surface area (Å²) in [6, 6.07) is 15.2. The third-order valence-corrected chi connectivity index (χ3v) is 4.58. The summed E-state index contributed by atoms with van der Waals surface area (Å²) in [5.41, 5.74) is 1.52. The van der Waals surface area contributed by atoms with Crippen LogP contribution < -0.4 is 0 Å². The van der Waals surface area contributed by atoms with Crippen molar-refractivity contribution in [3.63, 3.8) is 0 Å². The molecule has 0 atom stereocenters. The van der Waals surface area contributed by atoms with Crippen molar-refractivity contribution in [3.05, 3.63) is 64.7 Å². The second-order valence-corrected chi connectivity index (χ2v) is 6.40. The van der Waals surface area contributed by atoms with Crippen LogP contribution in [0.5, 0.6) is 0 Å². The molecule has 0 aliphatic rings. The van der Waals surface area contributed by atoms with Crippen LogP contribution in [-0.4, -0.2) is 6.26 Å². The van der Waals surface area contributed by atoms with Gasteiger partial charge in [0.25, 0.3) is 0 Å². The van der Waals surface area contributed by atoms with Crippen molar-refractivity contribution >= 4 is 46.6 Å². The maximum absolute atomic E-state index is 6.46. The van der Waals surface area contributed by atoms with Gasteiger partial charge in [-0.15, -0.1) is 11.8 Å². The first kappa shape index (κ1) is 14.1. The molecule has 0 radical (unpaired) electrons. The summed E-state index contributed by atoms with van der Waals surface area (Å²) in [4.78, 5) is 1.17. The number of alkyl halides is 2. The van der Waals surface area contributed by atoms with Crippen LogP contribution in [0.15, 0.2) is 53.4 Å². The minimum absolute atomic E-state index is 0.566. The fraction of sp³-hybridized carbons (Fsp3) is 0.143. The van der Waals surface area contributed by atoms with Crippen molar-refractivity contribution in [3.8, 4) is 0 Å². The highest BCUT2D eigenvalue weighted by molar-refractivity contribution is 7.98. The highest BCUT2D eigenvalue weighted by atomic mass is 35.5. The highest BCUT2D eigenvalue weighted by Gasteiger charge is 2.30. The summed E-state index contributed by atoms with van der Waals surface area (Å²) in [5.74, 6) is 0. The summed E-state index contributed by atoms with van der Waals surface area (Å²) >= 11 is 20.7. The molecule has 0 unspecified atom stereocenters. The minimum Gasteiger partial charge on any atom is -0.130 e. The number of hydrogen-bond donors (Lipinski definition) is 0. The maximum atomic E-state index is 6.46. The Bertz CT molecular complexity index is 535. The predicted octanol–water partition coefficient (Wildman–Crippen LogP) is 5.74. The third kappa shape index (κ3) is 2.80. The molecular formula is C14H11Cl3S. The molecule has 0 fully saturated rings. The van der Waals surface area contributed by atoms with Crippen LogP contribution in [0.25, 0.3) is 0 Å². The lowest BCUT2D eigenvalue weighted by Gasteiger charge is -2.22. The molecule has 0 saturated carbocycles. The smallest absolute Gasteiger partial charge is 0.130 e. The van der Waals surface area contributed by atoms with Gasteiger partial charge in [-0.2, -0.15) is 0 Å². The van der Waals surface area contributed by atoms with Gasteiger partial charge in [-0.25, -0.2) is 0 Å². The maximum Gasteiger partial charge on any atom is 0.169 e. The minimum atomic E-state index is -1.13. The molecule has 0 nitrogen and oxygen atoms in total. The molecule has 0 saturated heterocycles. The first-order valence-electron chi connectivity index (χ1n) is 5.33. The van der Waals surface area contributed by atoms with E-state index in [1.165, 1.54) is 4.90 Å². The second kappa shape index (κ2) is 5.75. The number of thioether (sulfide) groups is 1. The van der Waals surface area contributed by atoms with E-state index in [2.05, 4.69) is 0 Å². The van der Waals surface area contributed by atoms with Crippen LogP contribution in [0.2, 0.25) is 5.02 Å². The Hall–Kier alpha value is -0.340. The summed E-state index contributed by atoms with van der Waals surface area (Å²) in [6.45, 7) is 0. The van der Waals surface area contributed by atoms with Crippen molar-refractivity contribution in [2.24, 2.45) is 0 Å². The molecule has 0 aliphatic carbocycles. The van der Waals surface area contributed by atoms with Gasteiger partial charge in [-0.1, -0.05) is 65.1 Å². The van der Waals surface area contributed by atoms with E-state index in [1.54, 1.807) is 17.8 Å². The fourth-order valence-corrected chi connectivity index (χ4v) is 3.04. The largest absolute Gasteiger partial charge is 0.169 e. The highest BCUT2D eigenvalue weighted by Crippen LogP contribution is 2.43. The standard InChI is InChI=1S/C14H11Cl3S/c1-18-11-8-6-10(7-9-11)14(16,17)12-4-2-3-5-13(12)15/h2-9H,1H3. The van der Waals surface area contributed by atoms with Crippen LogP contribution in [0, 0.1) is 0 Å². The van der Waals surface area contributed by atoms with Gasteiger partial charge in [0.05, 0.1) is 0 Å². The first-order valence-corrected chi connectivity index (χ1v) is 7.69. The Labute approximate surface area is 126 Å². The molecule has 2 aromatic rings. The van der Waals surface area contributed by atoms with E-state index in [0.29, 0.717) is 10.6 Å². The van der Waals surface area contributed by atoms with Gasteiger partial charge in [0.2, 0.25) is 0 Å². The number of benzene rings is 2. The average molecular weight is 318 g/mol. The van der Waals surface area contributed by atoms with E-state index >= 15 is 0 Å². The zero-order valence-electron chi connectivity index (χ0n) is 9.66. The molecule has 0 aromatic heterocycles. The lowest BCUT2D eigenvalue weighted by molar-refractivity contribution is 1.03. The van der Waals surface area contributed by atoms with E-state index in [0.717, 1.165) is 5.56 Å². The Morgan fingerprint density at radius 3 is 2.11 bits per heavy atom. The number of rotatable bonds is 3. The molecule has 0 aliphatic heterocycles. The van der Waals surface area contributed by atoms with Crippen LogP contribution in [0.4, 0.5) is 0 Å². The normalized spacial score (nSPS) is 11.6. The lowest BCUT2D eigenvalue weighted by Crippen LogP contribution is -2.12. The summed E-state index contributed by atoms with van der Waals surface area (Å²) in [6.07, 6.45) is 2.03.